The van der Waals surface area contributed by atoms with E-state index in [9.17, 15) is 4.39 Å². The van der Waals surface area contributed by atoms with Gasteiger partial charge in [-0.25, -0.2) is 14.4 Å². The number of anilines is 1. The molecule has 0 fully saturated rings. The number of nitrogens with one attached hydrogen (secondary N) is 2. The molecule has 0 saturated carbocycles. The summed E-state index contributed by atoms with van der Waals surface area (Å²) in [6, 6.07) is 8.01. The molecule has 2 aromatic rings. The molecule has 0 radical (unpaired) electrons. The van der Waals surface area contributed by atoms with Crippen LogP contribution in [0.25, 0.3) is 0 Å². The van der Waals surface area contributed by atoms with Gasteiger partial charge in [0, 0.05) is 12.0 Å². The molecule has 1 unspecified atom stereocenters. The Balaban J connectivity index is 2.31. The van der Waals surface area contributed by atoms with Crippen LogP contribution in [0.2, 0.25) is 0 Å². The molecular weight excluding hydrogens is 361 g/mol. The lowest BCUT2D eigenvalue weighted by Crippen LogP contribution is -2.16. The molecule has 0 spiro atoms. The minimum atomic E-state index is -0.303. The quantitative estimate of drug-likeness (QED) is 0.491. The van der Waals surface area contributed by atoms with Crippen molar-refractivity contribution in [3.63, 3.8) is 0 Å². The van der Waals surface area contributed by atoms with Crippen molar-refractivity contribution in [1.82, 2.24) is 14.7 Å². The highest BCUT2D eigenvalue weighted by atomic mass is 32.2. The molecule has 1 heterocycles. The zero-order valence-corrected chi connectivity index (χ0v) is 15.8. The molecule has 2 rings (SSSR count). The minimum absolute atomic E-state index is 0.231. The Labute approximate surface area is 162 Å². The van der Waals surface area contributed by atoms with Crippen LogP contribution in [-0.4, -0.2) is 16.2 Å². The van der Waals surface area contributed by atoms with Crippen LogP contribution < -0.4 is 10.0 Å². The van der Waals surface area contributed by atoms with Gasteiger partial charge in [-0.15, -0.1) is 0 Å². The summed E-state index contributed by atoms with van der Waals surface area (Å²) < 4.78 is 16.5. The van der Waals surface area contributed by atoms with Crippen LogP contribution in [0.4, 0.5) is 10.3 Å². The van der Waals surface area contributed by atoms with Crippen LogP contribution in [-0.2, 0) is 0 Å². The summed E-state index contributed by atoms with van der Waals surface area (Å²) in [7, 11) is 0. The van der Waals surface area contributed by atoms with Crippen molar-refractivity contribution < 1.29 is 4.39 Å². The summed E-state index contributed by atoms with van der Waals surface area (Å²) in [6.45, 7) is 7.81. The van der Waals surface area contributed by atoms with Gasteiger partial charge >= 0.3 is 0 Å². The molecule has 0 amide bonds. The predicted octanol–water partition coefficient (Wildman–Crippen LogP) is 4.52. The Morgan fingerprint density at radius 2 is 2.00 bits per heavy atom. The summed E-state index contributed by atoms with van der Waals surface area (Å²) in [4.78, 5) is 8.33. The van der Waals surface area contributed by atoms with Crippen LogP contribution in [0, 0.1) is 17.1 Å². The monoisotopic (exact) mass is 381 g/mol. The van der Waals surface area contributed by atoms with E-state index in [-0.39, 0.29) is 11.9 Å². The third-order valence-corrected chi connectivity index (χ3v) is 4.16. The molecule has 2 N–H and O–H groups in total. The van der Waals surface area contributed by atoms with Crippen molar-refractivity contribution in [1.29, 1.82) is 5.26 Å². The van der Waals surface area contributed by atoms with Crippen molar-refractivity contribution in [2.45, 2.75) is 12.5 Å². The van der Waals surface area contributed by atoms with Gasteiger partial charge in [0.25, 0.3) is 0 Å². The molecular formula is C20H20FN5S. The number of aromatic nitrogens is 2. The summed E-state index contributed by atoms with van der Waals surface area (Å²) in [5.74, 6) is 0.0761. The number of rotatable bonds is 9. The van der Waals surface area contributed by atoms with Crippen molar-refractivity contribution in [2.24, 2.45) is 0 Å². The number of nitrogens with zero attached hydrogens (tertiary/aromatic N) is 3. The average molecular weight is 381 g/mol. The van der Waals surface area contributed by atoms with Gasteiger partial charge in [0.15, 0.2) is 0 Å². The van der Waals surface area contributed by atoms with E-state index in [0.717, 1.165) is 16.8 Å². The average Bonchev–Trinajstić information content (AvgIpc) is 2.68. The van der Waals surface area contributed by atoms with Crippen molar-refractivity contribution >= 4 is 17.9 Å². The molecule has 138 valence electrons. The van der Waals surface area contributed by atoms with E-state index in [1.165, 1.54) is 36.5 Å². The van der Waals surface area contributed by atoms with E-state index < -0.39 is 0 Å². The molecule has 1 aromatic heterocycles. The van der Waals surface area contributed by atoms with E-state index in [2.05, 4.69) is 33.2 Å². The van der Waals surface area contributed by atoms with Crippen LogP contribution in [0.5, 0.6) is 0 Å². The first kappa shape index (κ1) is 20.2. The molecule has 1 aromatic carbocycles. The van der Waals surface area contributed by atoms with Crippen molar-refractivity contribution in [2.75, 3.05) is 11.6 Å². The standard InChI is InChI=1S/C20H20FN5S/c1-4-5-17(14(2)26-27-3)10-19(16-6-8-18(21)9-7-16)25-20-23-12-15(11-22)13-24-20/h4-9,12-13,19,26H,1-2,10H2,3H3,(H,23,24,25)/b17-5-. The van der Waals surface area contributed by atoms with E-state index in [4.69, 9.17) is 5.26 Å². The second-order valence-electron chi connectivity index (χ2n) is 5.57. The highest BCUT2D eigenvalue weighted by molar-refractivity contribution is 7.96. The highest BCUT2D eigenvalue weighted by Gasteiger charge is 2.17. The number of benzene rings is 1. The molecule has 7 heteroatoms. The van der Waals surface area contributed by atoms with Gasteiger partial charge < -0.3 is 10.0 Å². The Morgan fingerprint density at radius 3 is 2.56 bits per heavy atom. The van der Waals surface area contributed by atoms with Crippen molar-refractivity contribution in [3.05, 3.63) is 90.2 Å². The first-order chi connectivity index (χ1) is 13.1. The second-order valence-corrected chi connectivity index (χ2v) is 6.18. The fourth-order valence-electron chi connectivity index (χ4n) is 2.41. The minimum Gasteiger partial charge on any atom is -0.347 e. The smallest absolute Gasteiger partial charge is 0.223 e. The van der Waals surface area contributed by atoms with Crippen LogP contribution in [0.1, 0.15) is 23.6 Å². The first-order valence-electron chi connectivity index (χ1n) is 8.11. The molecule has 0 aliphatic carbocycles. The number of hydrogen-bond donors (Lipinski definition) is 2. The topological polar surface area (TPSA) is 73.6 Å². The summed E-state index contributed by atoms with van der Waals surface area (Å²) in [6.07, 6.45) is 8.94. The first-order valence-corrected chi connectivity index (χ1v) is 9.33. The van der Waals surface area contributed by atoms with Crippen LogP contribution >= 0.6 is 11.9 Å². The lowest BCUT2D eigenvalue weighted by molar-refractivity contribution is 0.625. The third-order valence-electron chi connectivity index (χ3n) is 3.71. The predicted molar refractivity (Wildman–Crippen MR) is 108 cm³/mol. The zero-order chi connectivity index (χ0) is 19.6. The maximum atomic E-state index is 13.3. The molecule has 1 atom stereocenters. The van der Waals surface area contributed by atoms with E-state index in [0.29, 0.717) is 17.9 Å². The van der Waals surface area contributed by atoms with Gasteiger partial charge in [0.05, 0.1) is 24.0 Å². The Hall–Kier alpha value is -3.11. The van der Waals surface area contributed by atoms with E-state index in [1.54, 1.807) is 18.2 Å². The summed E-state index contributed by atoms with van der Waals surface area (Å²) >= 11 is 1.45. The number of allylic oxidation sites excluding steroid dienone is 3. The summed E-state index contributed by atoms with van der Waals surface area (Å²) in [5.41, 5.74) is 2.95. The zero-order valence-electron chi connectivity index (χ0n) is 14.9. The number of hydrogen-bond acceptors (Lipinski definition) is 6. The molecule has 0 saturated heterocycles. The molecule has 27 heavy (non-hydrogen) atoms. The molecule has 0 bridgehead atoms. The van der Waals surface area contributed by atoms with E-state index in [1.807, 2.05) is 18.4 Å². The molecule has 0 aliphatic heterocycles. The number of halogens is 1. The largest absolute Gasteiger partial charge is 0.347 e. The van der Waals surface area contributed by atoms with Gasteiger partial charge in [-0.05, 0) is 29.7 Å². The van der Waals surface area contributed by atoms with Crippen LogP contribution in [0.15, 0.2) is 73.2 Å². The van der Waals surface area contributed by atoms with Crippen LogP contribution in [0.3, 0.4) is 0 Å². The maximum Gasteiger partial charge on any atom is 0.223 e. The molecule has 0 aliphatic rings. The van der Waals surface area contributed by atoms with Gasteiger partial charge in [-0.1, -0.05) is 49.4 Å². The fourth-order valence-corrected chi connectivity index (χ4v) is 2.78. The summed E-state index contributed by atoms with van der Waals surface area (Å²) in [5, 5.41) is 12.1. The van der Waals surface area contributed by atoms with Gasteiger partial charge in [-0.2, -0.15) is 5.26 Å². The fraction of sp³-hybridized carbons (Fsp3) is 0.150. The van der Waals surface area contributed by atoms with E-state index >= 15 is 0 Å². The van der Waals surface area contributed by atoms with Gasteiger partial charge in [0.1, 0.15) is 11.9 Å². The Kier molecular flexibility index (Phi) is 7.59. The normalized spacial score (nSPS) is 12.0. The second kappa shape index (κ2) is 10.1. The van der Waals surface area contributed by atoms with Gasteiger partial charge in [0.2, 0.25) is 5.95 Å². The lowest BCUT2D eigenvalue weighted by Gasteiger charge is -2.22. The highest BCUT2D eigenvalue weighted by Crippen LogP contribution is 2.27. The van der Waals surface area contributed by atoms with Crippen molar-refractivity contribution in [3.8, 4) is 6.07 Å². The number of nitriles is 1. The Morgan fingerprint density at radius 1 is 1.33 bits per heavy atom. The lowest BCUT2D eigenvalue weighted by atomic mass is 9.97. The third kappa shape index (κ3) is 5.97. The van der Waals surface area contributed by atoms with Gasteiger partial charge in [-0.3, -0.25) is 0 Å². The molecule has 5 nitrogen and oxygen atoms in total. The maximum absolute atomic E-state index is 13.3. The Bertz CT molecular complexity index is 853. The SMILES string of the molecule is C=C/C=C(/CC(Nc1ncc(C#N)cn1)c1ccc(F)cc1)C(=C)NSC.